The Morgan fingerprint density at radius 3 is 2.35 bits per heavy atom. The summed E-state index contributed by atoms with van der Waals surface area (Å²) in [6, 6.07) is 14.2. The van der Waals surface area contributed by atoms with E-state index in [2.05, 4.69) is 5.32 Å². The van der Waals surface area contributed by atoms with Gasteiger partial charge in [0.25, 0.3) is 0 Å². The van der Waals surface area contributed by atoms with E-state index in [1.54, 1.807) is 0 Å². The minimum absolute atomic E-state index is 0.108. The number of hydrogen-bond donors (Lipinski definition) is 1. The Morgan fingerprint density at radius 1 is 1.12 bits per heavy atom. The van der Waals surface area contributed by atoms with Gasteiger partial charge >= 0.3 is 0 Å². The molecule has 8 heteroatoms. The highest BCUT2D eigenvalue weighted by molar-refractivity contribution is 7.92. The Morgan fingerprint density at radius 2 is 1.77 bits per heavy atom. The Balaban J connectivity index is 2.06. The summed E-state index contributed by atoms with van der Waals surface area (Å²) in [4.78, 5) is 12.3. The summed E-state index contributed by atoms with van der Waals surface area (Å²) in [5, 5.41) is 3.30. The average molecular weight is 415 g/mol. The summed E-state index contributed by atoms with van der Waals surface area (Å²) in [6.07, 6.45) is 1.04. The SMILES string of the molecule is C[C@@H](CNC(=O)CN(c1ccc(Cl)c(Cl)c1)S(C)(=O)=O)c1ccccc1. The van der Waals surface area contributed by atoms with Gasteiger partial charge in [0.2, 0.25) is 15.9 Å². The van der Waals surface area contributed by atoms with Crippen molar-refractivity contribution >= 4 is 44.8 Å². The topological polar surface area (TPSA) is 66.5 Å². The number of amides is 1. The van der Waals surface area contributed by atoms with Crippen LogP contribution in [0, 0.1) is 0 Å². The molecule has 26 heavy (non-hydrogen) atoms. The lowest BCUT2D eigenvalue weighted by molar-refractivity contribution is -0.119. The first-order valence-corrected chi connectivity index (χ1v) is 10.5. The fourth-order valence-corrected chi connectivity index (χ4v) is 3.53. The van der Waals surface area contributed by atoms with Gasteiger partial charge < -0.3 is 5.32 Å². The zero-order valence-corrected chi connectivity index (χ0v) is 16.8. The van der Waals surface area contributed by atoms with Crippen LogP contribution in [-0.4, -0.2) is 33.7 Å². The third-order valence-electron chi connectivity index (χ3n) is 3.85. The van der Waals surface area contributed by atoms with Gasteiger partial charge in [-0.15, -0.1) is 0 Å². The van der Waals surface area contributed by atoms with Gasteiger partial charge in [0.1, 0.15) is 6.54 Å². The summed E-state index contributed by atoms with van der Waals surface area (Å²) >= 11 is 11.8. The van der Waals surface area contributed by atoms with E-state index in [1.165, 1.54) is 18.2 Å². The molecule has 0 unspecified atom stereocenters. The maximum absolute atomic E-state index is 12.3. The van der Waals surface area contributed by atoms with Crippen LogP contribution in [0.3, 0.4) is 0 Å². The van der Waals surface area contributed by atoms with Gasteiger partial charge in [-0.1, -0.05) is 60.5 Å². The molecule has 0 saturated heterocycles. The molecule has 1 N–H and O–H groups in total. The van der Waals surface area contributed by atoms with E-state index in [-0.39, 0.29) is 23.2 Å². The molecule has 0 saturated carbocycles. The van der Waals surface area contributed by atoms with Crippen molar-refractivity contribution in [1.29, 1.82) is 0 Å². The van der Waals surface area contributed by atoms with E-state index in [1.807, 2.05) is 37.3 Å². The second-order valence-corrected chi connectivity index (χ2v) is 8.71. The number of carbonyl (C=O) groups excluding carboxylic acids is 1. The van der Waals surface area contributed by atoms with E-state index in [0.29, 0.717) is 11.6 Å². The number of carbonyl (C=O) groups is 1. The van der Waals surface area contributed by atoms with Gasteiger partial charge in [-0.2, -0.15) is 0 Å². The number of nitrogens with zero attached hydrogens (tertiary/aromatic N) is 1. The van der Waals surface area contributed by atoms with Gasteiger partial charge in [-0.3, -0.25) is 9.10 Å². The fourth-order valence-electron chi connectivity index (χ4n) is 2.39. The Kier molecular flexibility index (Phi) is 6.92. The minimum atomic E-state index is -3.66. The number of halogens is 2. The minimum Gasteiger partial charge on any atom is -0.354 e. The van der Waals surface area contributed by atoms with Crippen LogP contribution in [0.4, 0.5) is 5.69 Å². The average Bonchev–Trinajstić information content (AvgIpc) is 2.60. The molecule has 0 spiro atoms. The van der Waals surface area contributed by atoms with Crippen molar-refractivity contribution in [3.63, 3.8) is 0 Å². The van der Waals surface area contributed by atoms with Crippen LogP contribution in [0.2, 0.25) is 10.0 Å². The van der Waals surface area contributed by atoms with Crippen molar-refractivity contribution in [2.24, 2.45) is 0 Å². The fraction of sp³-hybridized carbons (Fsp3) is 0.278. The third-order valence-corrected chi connectivity index (χ3v) is 5.73. The van der Waals surface area contributed by atoms with Crippen LogP contribution in [0.1, 0.15) is 18.4 Å². The molecule has 0 heterocycles. The smallest absolute Gasteiger partial charge is 0.240 e. The lowest BCUT2D eigenvalue weighted by atomic mass is 10.0. The third kappa shape index (κ3) is 5.62. The maximum Gasteiger partial charge on any atom is 0.240 e. The normalized spacial score (nSPS) is 12.5. The lowest BCUT2D eigenvalue weighted by Gasteiger charge is -2.23. The number of nitrogens with one attached hydrogen (secondary N) is 1. The van der Waals surface area contributed by atoms with Gasteiger partial charge in [0, 0.05) is 6.54 Å². The number of anilines is 1. The molecule has 1 atom stereocenters. The molecule has 0 fully saturated rings. The van der Waals surface area contributed by atoms with Crippen molar-refractivity contribution < 1.29 is 13.2 Å². The summed E-state index contributed by atoms with van der Waals surface area (Å²) in [5.74, 6) is -0.291. The van der Waals surface area contributed by atoms with E-state index < -0.39 is 15.9 Å². The predicted octanol–water partition coefficient (Wildman–Crippen LogP) is 3.68. The molecule has 1 amide bonds. The first kappa shape index (κ1) is 20.6. The van der Waals surface area contributed by atoms with Crippen molar-refractivity contribution in [1.82, 2.24) is 5.32 Å². The van der Waals surface area contributed by atoms with E-state index in [0.717, 1.165) is 16.1 Å². The molecule has 0 radical (unpaired) electrons. The van der Waals surface area contributed by atoms with Crippen LogP contribution in [0.5, 0.6) is 0 Å². The van der Waals surface area contributed by atoms with Crippen LogP contribution in [-0.2, 0) is 14.8 Å². The second kappa shape index (κ2) is 8.75. The molecule has 2 rings (SSSR count). The quantitative estimate of drug-likeness (QED) is 0.750. The summed E-state index contributed by atoms with van der Waals surface area (Å²) < 4.78 is 25.2. The summed E-state index contributed by atoms with van der Waals surface area (Å²) in [7, 11) is -3.66. The monoisotopic (exact) mass is 414 g/mol. The molecular weight excluding hydrogens is 395 g/mol. The van der Waals surface area contributed by atoms with Crippen molar-refractivity contribution in [2.45, 2.75) is 12.8 Å². The van der Waals surface area contributed by atoms with Gasteiger partial charge in [-0.25, -0.2) is 8.42 Å². The maximum atomic E-state index is 12.3. The standard InChI is InChI=1S/C18H20Cl2N2O3S/c1-13(14-6-4-3-5-7-14)11-21-18(23)12-22(26(2,24)25)15-8-9-16(19)17(20)10-15/h3-10,13H,11-12H2,1-2H3,(H,21,23)/t13-/m0/s1. The highest BCUT2D eigenvalue weighted by atomic mass is 35.5. The molecule has 0 bridgehead atoms. The Bertz CT molecular complexity index is 873. The second-order valence-electron chi connectivity index (χ2n) is 5.98. The molecule has 0 aliphatic rings. The van der Waals surface area contributed by atoms with Crippen molar-refractivity contribution in [3.05, 3.63) is 64.1 Å². The molecule has 0 aliphatic carbocycles. The first-order valence-electron chi connectivity index (χ1n) is 7.93. The Labute approximate surface area is 164 Å². The lowest BCUT2D eigenvalue weighted by Crippen LogP contribution is -2.41. The predicted molar refractivity (Wildman–Crippen MR) is 107 cm³/mol. The number of hydrogen-bond acceptors (Lipinski definition) is 3. The van der Waals surface area contributed by atoms with Gasteiger partial charge in [0.15, 0.2) is 0 Å². The molecule has 2 aromatic carbocycles. The molecule has 5 nitrogen and oxygen atoms in total. The zero-order valence-electron chi connectivity index (χ0n) is 14.4. The molecule has 140 valence electrons. The van der Waals surface area contributed by atoms with Crippen LogP contribution < -0.4 is 9.62 Å². The number of benzene rings is 2. The molecule has 0 aliphatic heterocycles. The van der Waals surface area contributed by atoms with Crippen LogP contribution in [0.25, 0.3) is 0 Å². The van der Waals surface area contributed by atoms with Crippen LogP contribution >= 0.6 is 23.2 Å². The first-order chi connectivity index (χ1) is 12.2. The number of rotatable bonds is 7. The Hall–Kier alpha value is -1.76. The van der Waals surface area contributed by atoms with Crippen LogP contribution in [0.15, 0.2) is 48.5 Å². The van der Waals surface area contributed by atoms with Crippen molar-refractivity contribution in [2.75, 3.05) is 23.7 Å². The summed E-state index contributed by atoms with van der Waals surface area (Å²) in [6.45, 7) is 2.06. The van der Waals surface area contributed by atoms with Gasteiger partial charge in [0.05, 0.1) is 22.0 Å². The highest BCUT2D eigenvalue weighted by Gasteiger charge is 2.21. The number of sulfonamides is 1. The highest BCUT2D eigenvalue weighted by Crippen LogP contribution is 2.28. The zero-order chi connectivity index (χ0) is 19.3. The van der Waals surface area contributed by atoms with E-state index >= 15 is 0 Å². The molecule has 0 aromatic heterocycles. The van der Waals surface area contributed by atoms with Crippen molar-refractivity contribution in [3.8, 4) is 0 Å². The van der Waals surface area contributed by atoms with E-state index in [9.17, 15) is 13.2 Å². The largest absolute Gasteiger partial charge is 0.354 e. The van der Waals surface area contributed by atoms with E-state index in [4.69, 9.17) is 23.2 Å². The van der Waals surface area contributed by atoms with Gasteiger partial charge in [-0.05, 0) is 29.7 Å². The molecular formula is C18H20Cl2N2O3S. The molecule has 2 aromatic rings. The summed E-state index contributed by atoms with van der Waals surface area (Å²) in [5.41, 5.74) is 1.38.